The van der Waals surface area contributed by atoms with E-state index in [2.05, 4.69) is 0 Å². The summed E-state index contributed by atoms with van der Waals surface area (Å²) < 4.78 is 28.1. The van der Waals surface area contributed by atoms with Crippen LogP contribution >= 0.6 is 0 Å². The zero-order valence-electron chi connectivity index (χ0n) is 17.7. The number of aromatic nitrogens is 1. The lowest BCUT2D eigenvalue weighted by atomic mass is 9.97. The predicted molar refractivity (Wildman–Crippen MR) is 129 cm³/mol. The van der Waals surface area contributed by atoms with E-state index in [0.717, 1.165) is 21.1 Å². The molecule has 5 aromatic rings. The minimum Gasteiger partial charge on any atom is -0.288 e. The van der Waals surface area contributed by atoms with Gasteiger partial charge >= 0.3 is 0 Å². The van der Waals surface area contributed by atoms with Gasteiger partial charge in [0.1, 0.15) is 0 Å². The van der Waals surface area contributed by atoms with Crippen LogP contribution in [0.5, 0.6) is 0 Å². The highest BCUT2D eigenvalue weighted by atomic mass is 32.2. The van der Waals surface area contributed by atoms with Crippen molar-refractivity contribution < 1.29 is 13.2 Å². The highest BCUT2D eigenvalue weighted by Crippen LogP contribution is 2.24. The van der Waals surface area contributed by atoms with Gasteiger partial charge in [-0.25, -0.2) is 12.4 Å². The lowest BCUT2D eigenvalue weighted by molar-refractivity contribution is 0.103. The van der Waals surface area contributed by atoms with Gasteiger partial charge in [-0.2, -0.15) is 0 Å². The fourth-order valence-corrected chi connectivity index (χ4v) is 5.37. The molecule has 0 saturated carbocycles. The number of pyridine rings is 1. The van der Waals surface area contributed by atoms with Crippen LogP contribution < -0.4 is 5.43 Å². The molecule has 0 amide bonds. The minimum atomic E-state index is -4.05. The zero-order valence-corrected chi connectivity index (χ0v) is 18.5. The van der Waals surface area contributed by atoms with Crippen LogP contribution in [-0.2, 0) is 10.0 Å². The summed E-state index contributed by atoms with van der Waals surface area (Å²) in [5, 5.41) is 1.72. The first-order valence-electron chi connectivity index (χ1n) is 10.4. The van der Waals surface area contributed by atoms with E-state index in [-0.39, 0.29) is 21.4 Å². The number of carbonyl (C=O) groups is 1. The summed E-state index contributed by atoms with van der Waals surface area (Å²) in [6.07, 6.45) is 1.16. The van der Waals surface area contributed by atoms with Gasteiger partial charge in [0, 0.05) is 17.1 Å². The maximum absolute atomic E-state index is 13.6. The molecule has 0 radical (unpaired) electrons. The smallest absolute Gasteiger partial charge is 0.268 e. The molecule has 0 N–H and O–H groups in total. The molecule has 0 aliphatic rings. The SMILES string of the molecule is Cc1ccc(S(=O)(=O)n2cc(C(=O)c3cccc4ccccc34)c(=O)c3ccccc32)cc1. The Bertz CT molecular complexity index is 1710. The number of carbonyl (C=O) groups excluding carboxylic acids is 1. The Morgan fingerprint density at radius 1 is 0.727 bits per heavy atom. The average Bonchev–Trinajstić information content (AvgIpc) is 2.84. The van der Waals surface area contributed by atoms with Crippen molar-refractivity contribution in [2.45, 2.75) is 11.8 Å². The van der Waals surface area contributed by atoms with Gasteiger partial charge in [0.15, 0.2) is 5.78 Å². The van der Waals surface area contributed by atoms with Crippen LogP contribution in [0.2, 0.25) is 0 Å². The second kappa shape index (κ2) is 7.83. The van der Waals surface area contributed by atoms with Gasteiger partial charge in [0.25, 0.3) is 10.0 Å². The number of nitrogens with zero attached hydrogens (tertiary/aromatic N) is 1. The summed E-state index contributed by atoms with van der Waals surface area (Å²) in [5.74, 6) is -0.518. The quantitative estimate of drug-likeness (QED) is 0.362. The number of aryl methyl sites for hydroxylation is 1. The predicted octanol–water partition coefficient (Wildman–Crippen LogP) is 4.93. The monoisotopic (exact) mass is 453 g/mol. The van der Waals surface area contributed by atoms with E-state index >= 15 is 0 Å². The molecule has 5 nitrogen and oxygen atoms in total. The second-order valence-electron chi connectivity index (χ2n) is 7.86. The maximum atomic E-state index is 13.6. The Hall–Kier alpha value is -4.03. The number of hydrogen-bond donors (Lipinski definition) is 0. The highest BCUT2D eigenvalue weighted by molar-refractivity contribution is 7.90. The molecular formula is C27H19NO4S. The van der Waals surface area contributed by atoms with E-state index in [1.54, 1.807) is 48.5 Å². The normalized spacial score (nSPS) is 11.7. The van der Waals surface area contributed by atoms with Crippen molar-refractivity contribution in [2.75, 3.05) is 0 Å². The number of rotatable bonds is 4. The molecule has 1 aromatic heterocycles. The van der Waals surface area contributed by atoms with Gasteiger partial charge in [-0.1, -0.05) is 72.3 Å². The summed E-state index contributed by atoms with van der Waals surface area (Å²) >= 11 is 0. The van der Waals surface area contributed by atoms with Crippen molar-refractivity contribution in [3.63, 3.8) is 0 Å². The molecular weight excluding hydrogens is 434 g/mol. The molecule has 0 spiro atoms. The summed E-state index contributed by atoms with van der Waals surface area (Å²) in [6, 6.07) is 25.5. The molecule has 33 heavy (non-hydrogen) atoms. The molecule has 5 rings (SSSR count). The van der Waals surface area contributed by atoms with Crippen LogP contribution in [0, 0.1) is 6.92 Å². The number of ketones is 1. The zero-order chi connectivity index (χ0) is 23.2. The van der Waals surface area contributed by atoms with Gasteiger partial charge in [-0.05, 0) is 42.0 Å². The lowest BCUT2D eigenvalue weighted by Gasteiger charge is -2.14. The summed E-state index contributed by atoms with van der Waals surface area (Å²) in [6.45, 7) is 1.87. The van der Waals surface area contributed by atoms with Crippen molar-refractivity contribution in [3.05, 3.63) is 124 Å². The molecule has 162 valence electrons. The first-order chi connectivity index (χ1) is 15.9. The molecule has 0 aliphatic carbocycles. The second-order valence-corrected chi connectivity index (χ2v) is 9.67. The topological polar surface area (TPSA) is 73.2 Å². The molecule has 0 atom stereocenters. The number of hydrogen-bond acceptors (Lipinski definition) is 4. The van der Waals surface area contributed by atoms with Crippen molar-refractivity contribution in [3.8, 4) is 0 Å². The average molecular weight is 454 g/mol. The third-order valence-electron chi connectivity index (χ3n) is 5.73. The molecule has 0 saturated heterocycles. The van der Waals surface area contributed by atoms with E-state index in [1.807, 2.05) is 37.3 Å². The fraction of sp³-hybridized carbons (Fsp3) is 0.0370. The van der Waals surface area contributed by atoms with Crippen LogP contribution in [-0.4, -0.2) is 18.2 Å². The van der Waals surface area contributed by atoms with Crippen molar-refractivity contribution in [1.82, 2.24) is 3.97 Å². The van der Waals surface area contributed by atoms with Crippen molar-refractivity contribution in [1.29, 1.82) is 0 Å². The Morgan fingerprint density at radius 2 is 1.36 bits per heavy atom. The Labute approximate surface area is 190 Å². The Kier molecular flexibility index (Phi) is 4.95. The van der Waals surface area contributed by atoms with E-state index in [4.69, 9.17) is 0 Å². The molecule has 0 bridgehead atoms. The molecule has 0 aliphatic heterocycles. The van der Waals surface area contributed by atoms with Gasteiger partial charge < -0.3 is 0 Å². The van der Waals surface area contributed by atoms with Crippen LogP contribution in [0.1, 0.15) is 21.5 Å². The third kappa shape index (κ3) is 3.45. The van der Waals surface area contributed by atoms with E-state index in [1.165, 1.54) is 12.1 Å². The maximum Gasteiger partial charge on any atom is 0.268 e. The Morgan fingerprint density at radius 3 is 2.12 bits per heavy atom. The van der Waals surface area contributed by atoms with E-state index in [0.29, 0.717) is 10.9 Å². The number of para-hydroxylation sites is 1. The first-order valence-corrected chi connectivity index (χ1v) is 11.8. The lowest BCUT2D eigenvalue weighted by Crippen LogP contribution is -2.23. The van der Waals surface area contributed by atoms with Crippen LogP contribution in [0.3, 0.4) is 0 Å². The number of benzene rings is 4. The molecule has 0 unspecified atom stereocenters. The number of fused-ring (bicyclic) bond motifs is 2. The molecule has 0 fully saturated rings. The standard InChI is InChI=1S/C27H19NO4S/c1-18-13-15-20(16-14-18)33(31,32)28-17-24(27(30)23-10-4-5-12-25(23)28)26(29)22-11-6-8-19-7-2-3-9-21(19)22/h2-17H,1H3. The van der Waals surface area contributed by atoms with Crippen LogP contribution in [0.25, 0.3) is 21.7 Å². The molecule has 4 aromatic carbocycles. The van der Waals surface area contributed by atoms with Gasteiger partial charge in [0.2, 0.25) is 5.43 Å². The third-order valence-corrected chi connectivity index (χ3v) is 7.42. The largest absolute Gasteiger partial charge is 0.288 e. The highest BCUT2D eigenvalue weighted by Gasteiger charge is 2.24. The first kappa shape index (κ1) is 20.8. The summed E-state index contributed by atoms with van der Waals surface area (Å²) in [5.41, 5.74) is 0.794. The van der Waals surface area contributed by atoms with Crippen molar-refractivity contribution in [2.24, 2.45) is 0 Å². The van der Waals surface area contributed by atoms with Gasteiger partial charge in [-0.3, -0.25) is 9.59 Å². The van der Waals surface area contributed by atoms with Crippen LogP contribution in [0.4, 0.5) is 0 Å². The molecule has 6 heteroatoms. The fourth-order valence-electron chi connectivity index (χ4n) is 4.00. The van der Waals surface area contributed by atoms with Crippen LogP contribution in [0.15, 0.2) is 107 Å². The van der Waals surface area contributed by atoms with E-state index < -0.39 is 21.2 Å². The van der Waals surface area contributed by atoms with Gasteiger partial charge in [0.05, 0.1) is 16.0 Å². The summed E-state index contributed by atoms with van der Waals surface area (Å²) in [7, 11) is -4.05. The minimum absolute atomic E-state index is 0.0745. The Balaban J connectivity index is 1.80. The molecule has 1 heterocycles. The van der Waals surface area contributed by atoms with Crippen molar-refractivity contribution >= 4 is 37.5 Å². The van der Waals surface area contributed by atoms with Gasteiger partial charge in [-0.15, -0.1) is 0 Å². The summed E-state index contributed by atoms with van der Waals surface area (Å²) in [4.78, 5) is 27.0. The van der Waals surface area contributed by atoms with E-state index in [9.17, 15) is 18.0 Å².